The highest BCUT2D eigenvalue weighted by Gasteiger charge is 2.12. The summed E-state index contributed by atoms with van der Waals surface area (Å²) < 4.78 is 10.9. The normalized spacial score (nSPS) is 13.1. The Labute approximate surface area is 108 Å². The van der Waals surface area contributed by atoms with Gasteiger partial charge in [0.05, 0.1) is 0 Å². The maximum Gasteiger partial charge on any atom is 0.363 e. The highest BCUT2D eigenvalue weighted by molar-refractivity contribution is 5.62. The third kappa shape index (κ3) is 2.35. The lowest BCUT2D eigenvalue weighted by molar-refractivity contribution is 0.171. The van der Waals surface area contributed by atoms with E-state index in [9.17, 15) is 4.79 Å². The van der Waals surface area contributed by atoms with Gasteiger partial charge in [-0.15, -0.1) is 0 Å². The third-order valence-corrected chi connectivity index (χ3v) is 2.68. The van der Waals surface area contributed by atoms with E-state index in [0.717, 1.165) is 5.69 Å². The number of H-pyrrole nitrogens is 1. The first-order valence-corrected chi connectivity index (χ1v) is 5.82. The molecule has 0 spiro atoms. The molecule has 0 bridgehead atoms. The van der Waals surface area contributed by atoms with Crippen LogP contribution in [0.2, 0.25) is 0 Å². The van der Waals surface area contributed by atoms with Crippen molar-refractivity contribution < 1.29 is 9.47 Å². The summed E-state index contributed by atoms with van der Waals surface area (Å²) in [6, 6.07) is 5.44. The van der Waals surface area contributed by atoms with E-state index in [-0.39, 0.29) is 0 Å². The van der Waals surface area contributed by atoms with Crippen LogP contribution in [0, 0.1) is 6.92 Å². The molecule has 1 aliphatic heterocycles. The SMILES string of the molecule is Cc1n[nH]c(=O)nc1Nc1ccc2c(c1)OCCO2. The summed E-state index contributed by atoms with van der Waals surface area (Å²) in [6.45, 7) is 2.84. The van der Waals surface area contributed by atoms with Gasteiger partial charge in [0.25, 0.3) is 0 Å². The van der Waals surface area contributed by atoms with Crippen molar-refractivity contribution in [2.75, 3.05) is 18.5 Å². The van der Waals surface area contributed by atoms with E-state index in [0.29, 0.717) is 36.2 Å². The largest absolute Gasteiger partial charge is 0.486 e. The van der Waals surface area contributed by atoms with Gasteiger partial charge in [0, 0.05) is 11.8 Å². The Morgan fingerprint density at radius 3 is 2.89 bits per heavy atom. The lowest BCUT2D eigenvalue weighted by Gasteiger charge is -2.19. The Bertz CT molecular complexity index is 668. The van der Waals surface area contributed by atoms with Crippen molar-refractivity contribution in [3.8, 4) is 11.5 Å². The minimum atomic E-state index is -0.495. The molecule has 0 unspecified atom stereocenters. The van der Waals surface area contributed by atoms with Gasteiger partial charge >= 0.3 is 5.69 Å². The van der Waals surface area contributed by atoms with E-state index in [1.807, 2.05) is 12.1 Å². The van der Waals surface area contributed by atoms with Crippen molar-refractivity contribution in [1.29, 1.82) is 0 Å². The summed E-state index contributed by atoms with van der Waals surface area (Å²) in [5.41, 5.74) is 0.868. The molecule has 0 saturated heterocycles. The summed E-state index contributed by atoms with van der Waals surface area (Å²) in [5.74, 6) is 1.80. The first-order chi connectivity index (χ1) is 9.22. The van der Waals surface area contributed by atoms with Crippen LogP contribution in [0.3, 0.4) is 0 Å². The molecular weight excluding hydrogens is 248 g/mol. The zero-order valence-electron chi connectivity index (χ0n) is 10.3. The first kappa shape index (κ1) is 11.5. The van der Waals surface area contributed by atoms with Gasteiger partial charge in [0.1, 0.15) is 18.9 Å². The van der Waals surface area contributed by atoms with Crippen LogP contribution in [-0.2, 0) is 0 Å². The Balaban J connectivity index is 1.91. The van der Waals surface area contributed by atoms with Crippen LogP contribution < -0.4 is 20.5 Å². The van der Waals surface area contributed by atoms with Crippen molar-refractivity contribution in [2.45, 2.75) is 6.92 Å². The number of hydrogen-bond donors (Lipinski definition) is 2. The summed E-state index contributed by atoms with van der Waals surface area (Å²) in [4.78, 5) is 15.0. The summed E-state index contributed by atoms with van der Waals surface area (Å²) in [5, 5.41) is 9.15. The van der Waals surface area contributed by atoms with E-state index < -0.39 is 5.69 Å². The molecule has 0 saturated carbocycles. The first-order valence-electron chi connectivity index (χ1n) is 5.82. The number of nitrogens with zero attached hydrogens (tertiary/aromatic N) is 2. The van der Waals surface area contributed by atoms with Crippen molar-refractivity contribution in [2.24, 2.45) is 0 Å². The molecule has 19 heavy (non-hydrogen) atoms. The van der Waals surface area contributed by atoms with Gasteiger partial charge in [0.15, 0.2) is 17.3 Å². The number of aromatic nitrogens is 3. The molecule has 1 aliphatic rings. The van der Waals surface area contributed by atoms with Gasteiger partial charge < -0.3 is 14.8 Å². The molecule has 0 radical (unpaired) electrons. The van der Waals surface area contributed by atoms with E-state index in [4.69, 9.17) is 9.47 Å². The number of fused-ring (bicyclic) bond motifs is 1. The number of rotatable bonds is 2. The van der Waals surface area contributed by atoms with Crippen molar-refractivity contribution >= 4 is 11.5 Å². The number of anilines is 2. The maximum absolute atomic E-state index is 11.2. The fourth-order valence-electron chi connectivity index (χ4n) is 1.77. The molecule has 7 heteroatoms. The number of benzene rings is 1. The molecule has 2 aromatic rings. The Hall–Kier alpha value is -2.57. The fraction of sp³-hybridized carbons (Fsp3) is 0.250. The van der Waals surface area contributed by atoms with Crippen LogP contribution in [0.5, 0.6) is 11.5 Å². The smallest absolute Gasteiger partial charge is 0.363 e. The lowest BCUT2D eigenvalue weighted by Crippen LogP contribution is -2.16. The number of aryl methyl sites for hydroxylation is 1. The van der Waals surface area contributed by atoms with Gasteiger partial charge in [-0.05, 0) is 19.1 Å². The minimum absolute atomic E-state index is 0.417. The van der Waals surface area contributed by atoms with E-state index >= 15 is 0 Å². The second-order valence-electron chi connectivity index (χ2n) is 4.06. The molecule has 7 nitrogen and oxygen atoms in total. The predicted molar refractivity (Wildman–Crippen MR) is 68.1 cm³/mol. The van der Waals surface area contributed by atoms with E-state index in [1.165, 1.54) is 0 Å². The average molecular weight is 260 g/mol. The molecule has 1 aromatic carbocycles. The average Bonchev–Trinajstić information content (AvgIpc) is 2.43. The van der Waals surface area contributed by atoms with Gasteiger partial charge in [-0.2, -0.15) is 10.1 Å². The molecule has 3 rings (SSSR count). The van der Waals surface area contributed by atoms with Crippen LogP contribution >= 0.6 is 0 Å². The quantitative estimate of drug-likeness (QED) is 0.837. The summed E-state index contributed by atoms with van der Waals surface area (Å²) in [7, 11) is 0. The van der Waals surface area contributed by atoms with E-state index in [1.54, 1.807) is 13.0 Å². The number of hydrogen-bond acceptors (Lipinski definition) is 6. The van der Waals surface area contributed by atoms with Gasteiger partial charge in [0.2, 0.25) is 0 Å². The summed E-state index contributed by atoms with van der Waals surface area (Å²) in [6.07, 6.45) is 0. The van der Waals surface area contributed by atoms with Crippen LogP contribution in [0.4, 0.5) is 11.5 Å². The lowest BCUT2D eigenvalue weighted by atomic mass is 10.2. The van der Waals surface area contributed by atoms with Gasteiger partial charge in [-0.1, -0.05) is 0 Å². The highest BCUT2D eigenvalue weighted by Crippen LogP contribution is 2.33. The third-order valence-electron chi connectivity index (χ3n) is 2.68. The standard InChI is InChI=1S/C12H12N4O3/c1-7-11(14-12(17)16-15-7)13-8-2-3-9-10(6-8)19-5-4-18-9/h2-3,6H,4-5H2,1H3,(H2,13,14,16,17). The van der Waals surface area contributed by atoms with Gasteiger partial charge in [-0.3, -0.25) is 0 Å². The van der Waals surface area contributed by atoms with Crippen molar-refractivity contribution in [3.63, 3.8) is 0 Å². The minimum Gasteiger partial charge on any atom is -0.486 e. The molecule has 98 valence electrons. The van der Waals surface area contributed by atoms with Crippen LogP contribution in [0.15, 0.2) is 23.0 Å². The zero-order valence-corrected chi connectivity index (χ0v) is 10.3. The maximum atomic E-state index is 11.2. The second kappa shape index (κ2) is 4.60. The summed E-state index contributed by atoms with van der Waals surface area (Å²) >= 11 is 0. The molecule has 0 fully saturated rings. The monoisotopic (exact) mass is 260 g/mol. The molecule has 2 N–H and O–H groups in total. The van der Waals surface area contributed by atoms with Crippen molar-refractivity contribution in [3.05, 3.63) is 34.4 Å². The van der Waals surface area contributed by atoms with E-state index in [2.05, 4.69) is 20.5 Å². The molecular formula is C12H12N4O3. The molecule has 0 aliphatic carbocycles. The fourth-order valence-corrected chi connectivity index (χ4v) is 1.77. The van der Waals surface area contributed by atoms with Gasteiger partial charge in [-0.25, -0.2) is 9.89 Å². The number of aromatic amines is 1. The van der Waals surface area contributed by atoms with Crippen LogP contribution in [-0.4, -0.2) is 28.4 Å². The zero-order chi connectivity index (χ0) is 13.2. The molecule has 0 atom stereocenters. The Morgan fingerprint density at radius 1 is 1.26 bits per heavy atom. The predicted octanol–water partition coefficient (Wildman–Crippen LogP) is 0.988. The second-order valence-corrected chi connectivity index (χ2v) is 4.06. The van der Waals surface area contributed by atoms with Crippen LogP contribution in [0.1, 0.15) is 5.69 Å². The number of nitrogens with one attached hydrogen (secondary N) is 2. The topological polar surface area (TPSA) is 89.1 Å². The Morgan fingerprint density at radius 2 is 2.05 bits per heavy atom. The highest BCUT2D eigenvalue weighted by atomic mass is 16.6. The van der Waals surface area contributed by atoms with Crippen molar-refractivity contribution in [1.82, 2.24) is 15.2 Å². The molecule has 1 aromatic heterocycles. The number of ether oxygens (including phenoxy) is 2. The van der Waals surface area contributed by atoms with Crippen LogP contribution in [0.25, 0.3) is 0 Å². The molecule has 2 heterocycles. The Kier molecular flexibility index (Phi) is 2.79. The molecule has 0 amide bonds.